The first-order valence-corrected chi connectivity index (χ1v) is 12.1. The molecule has 3 rings (SSSR count). The van der Waals surface area contributed by atoms with E-state index in [0.717, 1.165) is 69.6 Å². The summed E-state index contributed by atoms with van der Waals surface area (Å²) in [5.74, 6) is 1.32. The van der Waals surface area contributed by atoms with Crippen LogP contribution >= 0.6 is 0 Å². The lowest BCUT2D eigenvalue weighted by molar-refractivity contribution is -0.138. The van der Waals surface area contributed by atoms with Gasteiger partial charge in [-0.2, -0.15) is 0 Å². The van der Waals surface area contributed by atoms with Gasteiger partial charge in [0.2, 0.25) is 5.91 Å². The predicted molar refractivity (Wildman–Crippen MR) is 126 cm³/mol. The van der Waals surface area contributed by atoms with E-state index in [1.807, 2.05) is 40.7 Å². The van der Waals surface area contributed by atoms with Crippen LogP contribution in [0.1, 0.15) is 71.7 Å². The Kier molecular flexibility index (Phi) is 8.24. The van der Waals surface area contributed by atoms with Crippen LogP contribution in [0.5, 0.6) is 0 Å². The maximum Gasteiger partial charge on any atom is 0.261 e. The molecule has 0 saturated carbocycles. The van der Waals surface area contributed by atoms with Crippen molar-refractivity contribution in [2.24, 2.45) is 5.92 Å². The fraction of sp³-hybridized carbons (Fsp3) is 0.640. The van der Waals surface area contributed by atoms with Crippen LogP contribution in [0.15, 0.2) is 29.1 Å². The van der Waals surface area contributed by atoms with Crippen LogP contribution in [0.2, 0.25) is 0 Å². The molecule has 1 aliphatic heterocycles. The molecule has 0 N–H and O–H groups in total. The number of carbonyl (C=O) groups is 1. The maximum absolute atomic E-state index is 13.1. The van der Waals surface area contributed by atoms with Crippen LogP contribution in [0.25, 0.3) is 10.9 Å². The molecule has 2 unspecified atom stereocenters. The number of aromatic nitrogens is 2. The third kappa shape index (κ3) is 5.00. The summed E-state index contributed by atoms with van der Waals surface area (Å²) in [7, 11) is 0. The van der Waals surface area contributed by atoms with Gasteiger partial charge in [-0.15, -0.1) is 0 Å². The monoisotopic (exact) mass is 426 g/mol. The number of carbonyl (C=O) groups excluding carboxylic acids is 1. The molecule has 6 nitrogen and oxygen atoms in total. The van der Waals surface area contributed by atoms with E-state index in [-0.39, 0.29) is 17.5 Å². The van der Waals surface area contributed by atoms with E-state index in [9.17, 15) is 9.59 Å². The number of fused-ring (bicyclic) bond motifs is 1. The van der Waals surface area contributed by atoms with Gasteiger partial charge in [-0.05, 0) is 38.3 Å². The normalized spacial score (nSPS) is 17.1. The number of benzene rings is 1. The minimum atomic E-state index is 0.0390. The lowest BCUT2D eigenvalue weighted by Crippen LogP contribution is -2.51. The molecule has 1 aromatic heterocycles. The second-order valence-electron chi connectivity index (χ2n) is 8.57. The summed E-state index contributed by atoms with van der Waals surface area (Å²) >= 11 is 0. The van der Waals surface area contributed by atoms with Crippen molar-refractivity contribution in [2.45, 2.75) is 72.4 Å². The smallest absolute Gasteiger partial charge is 0.261 e. The van der Waals surface area contributed by atoms with Crippen LogP contribution in [0.4, 0.5) is 0 Å². The molecule has 0 radical (unpaired) electrons. The fourth-order valence-corrected chi connectivity index (χ4v) is 4.81. The molecule has 1 aliphatic rings. The van der Waals surface area contributed by atoms with E-state index in [0.29, 0.717) is 17.8 Å². The van der Waals surface area contributed by atoms with Crippen LogP contribution < -0.4 is 5.56 Å². The summed E-state index contributed by atoms with van der Waals surface area (Å²) in [6, 6.07) is 7.68. The van der Waals surface area contributed by atoms with Crippen molar-refractivity contribution in [2.75, 3.05) is 26.2 Å². The molecule has 1 aromatic carbocycles. The van der Waals surface area contributed by atoms with Crippen molar-refractivity contribution < 1.29 is 4.79 Å². The zero-order valence-corrected chi connectivity index (χ0v) is 19.6. The molecule has 0 spiro atoms. The number of piperazine rings is 1. The molecule has 2 heterocycles. The molecule has 1 saturated heterocycles. The second kappa shape index (κ2) is 10.9. The van der Waals surface area contributed by atoms with Crippen LogP contribution in [0, 0.1) is 5.92 Å². The molecule has 2 atom stereocenters. The van der Waals surface area contributed by atoms with Gasteiger partial charge in [0.1, 0.15) is 5.82 Å². The van der Waals surface area contributed by atoms with Crippen molar-refractivity contribution in [1.29, 1.82) is 0 Å². The number of para-hydroxylation sites is 1. The number of hydrogen-bond donors (Lipinski definition) is 0. The Morgan fingerprint density at radius 1 is 1.03 bits per heavy atom. The van der Waals surface area contributed by atoms with Gasteiger partial charge >= 0.3 is 0 Å². The van der Waals surface area contributed by atoms with E-state index in [1.165, 1.54) is 0 Å². The largest absolute Gasteiger partial charge is 0.340 e. The predicted octanol–water partition coefficient (Wildman–Crippen LogP) is 4.23. The van der Waals surface area contributed by atoms with Gasteiger partial charge in [0.05, 0.1) is 16.9 Å². The summed E-state index contributed by atoms with van der Waals surface area (Å²) in [6.07, 6.45) is 5.04. The minimum Gasteiger partial charge on any atom is -0.340 e. The van der Waals surface area contributed by atoms with Crippen molar-refractivity contribution >= 4 is 16.8 Å². The van der Waals surface area contributed by atoms with Gasteiger partial charge in [0.25, 0.3) is 5.56 Å². The Morgan fingerprint density at radius 3 is 2.35 bits per heavy atom. The third-order valence-corrected chi connectivity index (χ3v) is 6.71. The number of rotatable bonds is 9. The average molecular weight is 427 g/mol. The van der Waals surface area contributed by atoms with Crippen molar-refractivity contribution in [3.05, 3.63) is 40.4 Å². The first kappa shape index (κ1) is 23.5. The van der Waals surface area contributed by atoms with Crippen molar-refractivity contribution in [3.8, 4) is 0 Å². The zero-order valence-electron chi connectivity index (χ0n) is 19.6. The van der Waals surface area contributed by atoms with Gasteiger partial charge in [0, 0.05) is 38.6 Å². The average Bonchev–Trinajstić information content (AvgIpc) is 2.80. The van der Waals surface area contributed by atoms with Gasteiger partial charge in [-0.1, -0.05) is 45.7 Å². The number of unbranched alkanes of at least 4 members (excludes halogenated alkanes) is 1. The van der Waals surface area contributed by atoms with Crippen LogP contribution in [0.3, 0.4) is 0 Å². The van der Waals surface area contributed by atoms with Crippen molar-refractivity contribution in [3.63, 3.8) is 0 Å². The SMILES string of the molecule is CCCCC(CC)C(=O)N1CCN(C(CC)c2nc3ccccc3c(=O)n2CC)CC1. The van der Waals surface area contributed by atoms with E-state index in [4.69, 9.17) is 4.98 Å². The molecule has 170 valence electrons. The Balaban J connectivity index is 1.78. The summed E-state index contributed by atoms with van der Waals surface area (Å²) in [5, 5.41) is 0.677. The molecular weight excluding hydrogens is 388 g/mol. The molecule has 1 fully saturated rings. The van der Waals surface area contributed by atoms with Crippen LogP contribution in [-0.2, 0) is 11.3 Å². The fourth-order valence-electron chi connectivity index (χ4n) is 4.81. The lowest BCUT2D eigenvalue weighted by Gasteiger charge is -2.40. The molecule has 1 amide bonds. The molecule has 2 aromatic rings. The Morgan fingerprint density at radius 2 is 1.74 bits per heavy atom. The van der Waals surface area contributed by atoms with Gasteiger partial charge in [-0.25, -0.2) is 4.98 Å². The third-order valence-electron chi connectivity index (χ3n) is 6.71. The van der Waals surface area contributed by atoms with E-state index >= 15 is 0 Å². The zero-order chi connectivity index (χ0) is 22.4. The number of amides is 1. The maximum atomic E-state index is 13.1. The molecule has 0 aliphatic carbocycles. The second-order valence-corrected chi connectivity index (χ2v) is 8.57. The number of nitrogens with zero attached hydrogens (tertiary/aromatic N) is 4. The highest BCUT2D eigenvalue weighted by molar-refractivity contribution is 5.79. The minimum absolute atomic E-state index is 0.0390. The van der Waals surface area contributed by atoms with E-state index in [1.54, 1.807) is 0 Å². The Labute approximate surface area is 186 Å². The molecule has 6 heteroatoms. The first-order chi connectivity index (χ1) is 15.0. The Hall–Kier alpha value is -2.21. The van der Waals surface area contributed by atoms with E-state index in [2.05, 4.69) is 25.7 Å². The standard InChI is InChI=1S/C25H38N4O2/c1-5-9-12-19(6-2)24(30)28-17-15-27(16-18-28)22(7-3)23-26-21-14-11-10-13-20(21)25(31)29(23)8-4/h10-11,13-14,19,22H,5-9,12,15-18H2,1-4H3. The molecule has 0 bridgehead atoms. The lowest BCUT2D eigenvalue weighted by atomic mass is 9.97. The number of hydrogen-bond acceptors (Lipinski definition) is 4. The van der Waals surface area contributed by atoms with Gasteiger partial charge < -0.3 is 4.90 Å². The molecule has 31 heavy (non-hydrogen) atoms. The summed E-state index contributed by atoms with van der Waals surface area (Å²) in [6.45, 7) is 12.2. The highest BCUT2D eigenvalue weighted by Gasteiger charge is 2.31. The quantitative estimate of drug-likeness (QED) is 0.602. The highest BCUT2D eigenvalue weighted by atomic mass is 16.2. The Bertz CT molecular complexity index is 931. The summed E-state index contributed by atoms with van der Waals surface area (Å²) < 4.78 is 1.83. The van der Waals surface area contributed by atoms with Crippen LogP contribution in [-0.4, -0.2) is 51.4 Å². The highest BCUT2D eigenvalue weighted by Crippen LogP contribution is 2.26. The topological polar surface area (TPSA) is 58.4 Å². The van der Waals surface area contributed by atoms with E-state index < -0.39 is 0 Å². The first-order valence-electron chi connectivity index (χ1n) is 12.1. The summed E-state index contributed by atoms with van der Waals surface area (Å²) in [5.41, 5.74) is 0.804. The van der Waals surface area contributed by atoms with Crippen molar-refractivity contribution in [1.82, 2.24) is 19.4 Å². The molecular formula is C25H38N4O2. The van der Waals surface area contributed by atoms with Gasteiger partial charge in [-0.3, -0.25) is 19.1 Å². The van der Waals surface area contributed by atoms with Gasteiger partial charge in [0.15, 0.2) is 0 Å². The summed E-state index contributed by atoms with van der Waals surface area (Å²) in [4.78, 5) is 35.4.